The zero-order valence-corrected chi connectivity index (χ0v) is 18.5. The predicted molar refractivity (Wildman–Crippen MR) is 126 cm³/mol. The Morgan fingerprint density at radius 1 is 1.25 bits per heavy atom. The smallest absolute Gasteiger partial charge is 0.317 e. The third-order valence-corrected chi connectivity index (χ3v) is 5.61. The van der Waals surface area contributed by atoms with E-state index in [1.165, 1.54) is 0 Å². The Morgan fingerprint density at radius 3 is 2.91 bits per heavy atom. The van der Waals surface area contributed by atoms with Crippen LogP contribution in [-0.4, -0.2) is 66.6 Å². The van der Waals surface area contributed by atoms with Crippen molar-refractivity contribution in [1.29, 1.82) is 0 Å². The Kier molecular flexibility index (Phi) is 7.45. The van der Waals surface area contributed by atoms with Gasteiger partial charge >= 0.3 is 6.03 Å². The lowest BCUT2D eigenvalue weighted by atomic mass is 10.1. The Hall–Kier alpha value is -3.26. The number of hydrogen-bond donors (Lipinski definition) is 3. The first-order chi connectivity index (χ1) is 15.7. The van der Waals surface area contributed by atoms with Crippen LogP contribution in [0.25, 0.3) is 17.5 Å². The van der Waals surface area contributed by atoms with Gasteiger partial charge in [-0.15, -0.1) is 0 Å². The number of hydrogen-bond acceptors (Lipinski definition) is 4. The van der Waals surface area contributed by atoms with Gasteiger partial charge in [0.25, 0.3) is 0 Å². The summed E-state index contributed by atoms with van der Waals surface area (Å²) in [5, 5.41) is 3.00. The largest absolute Gasteiger partial charge is 0.494 e. The highest BCUT2D eigenvalue weighted by atomic mass is 16.5. The number of carbonyl (C=O) groups is 1. The van der Waals surface area contributed by atoms with E-state index in [1.807, 2.05) is 41.4 Å². The van der Waals surface area contributed by atoms with Crippen LogP contribution in [0, 0.1) is 0 Å². The molecule has 0 aromatic carbocycles. The molecule has 0 spiro atoms. The van der Waals surface area contributed by atoms with Crippen molar-refractivity contribution >= 4 is 17.8 Å². The zero-order chi connectivity index (χ0) is 22.2. The minimum Gasteiger partial charge on any atom is -0.494 e. The van der Waals surface area contributed by atoms with Crippen LogP contribution in [0.5, 0.6) is 5.75 Å². The molecule has 1 fully saturated rings. The van der Waals surface area contributed by atoms with Gasteiger partial charge in [-0.05, 0) is 49.6 Å². The number of aromatic amines is 2. The second-order valence-corrected chi connectivity index (χ2v) is 7.90. The van der Waals surface area contributed by atoms with Gasteiger partial charge in [0.1, 0.15) is 5.75 Å². The van der Waals surface area contributed by atoms with Crippen molar-refractivity contribution in [3.8, 4) is 17.1 Å². The lowest BCUT2D eigenvalue weighted by Gasteiger charge is -2.26. The number of carbonyl (C=O) groups excluding carboxylic acids is 1. The van der Waals surface area contributed by atoms with Crippen LogP contribution in [-0.2, 0) is 4.74 Å². The van der Waals surface area contributed by atoms with E-state index < -0.39 is 0 Å². The van der Waals surface area contributed by atoms with E-state index in [0.717, 1.165) is 59.9 Å². The van der Waals surface area contributed by atoms with Crippen LogP contribution in [0.1, 0.15) is 31.4 Å². The van der Waals surface area contributed by atoms with Crippen molar-refractivity contribution in [1.82, 2.24) is 20.2 Å². The number of methoxy groups -OCH3 is 1. The summed E-state index contributed by atoms with van der Waals surface area (Å²) in [5.41, 5.74) is 4.89. The summed E-state index contributed by atoms with van der Waals surface area (Å²) in [6.07, 6.45) is 12.0. The summed E-state index contributed by atoms with van der Waals surface area (Å²) in [7, 11) is 1.67. The Bertz CT molecular complexity index is 981. The van der Waals surface area contributed by atoms with Gasteiger partial charge in [0.2, 0.25) is 0 Å². The van der Waals surface area contributed by atoms with Crippen LogP contribution in [0.2, 0.25) is 0 Å². The molecule has 2 aliphatic heterocycles. The number of nitrogens with zero attached hydrogens (tertiary/aromatic N) is 2. The molecule has 170 valence electrons. The first kappa shape index (κ1) is 22.0. The Morgan fingerprint density at radius 2 is 2.12 bits per heavy atom. The van der Waals surface area contributed by atoms with Crippen molar-refractivity contribution in [3.05, 3.63) is 47.9 Å². The predicted octanol–water partition coefficient (Wildman–Crippen LogP) is 3.97. The molecule has 0 aliphatic carbocycles. The summed E-state index contributed by atoms with van der Waals surface area (Å²) in [6.45, 7) is 3.32. The molecule has 32 heavy (non-hydrogen) atoms. The van der Waals surface area contributed by atoms with Gasteiger partial charge in [-0.1, -0.05) is 6.42 Å². The molecule has 8 nitrogen and oxygen atoms in total. The van der Waals surface area contributed by atoms with E-state index in [-0.39, 0.29) is 6.03 Å². The molecule has 0 unspecified atom stereocenters. The van der Waals surface area contributed by atoms with Crippen molar-refractivity contribution in [2.45, 2.75) is 25.7 Å². The van der Waals surface area contributed by atoms with Gasteiger partial charge in [0, 0.05) is 37.6 Å². The van der Waals surface area contributed by atoms with Crippen molar-refractivity contribution < 1.29 is 14.3 Å². The monoisotopic (exact) mass is 437 g/mol. The highest BCUT2D eigenvalue weighted by molar-refractivity contribution is 5.99. The van der Waals surface area contributed by atoms with Crippen molar-refractivity contribution in [2.75, 3.05) is 40.0 Å². The second kappa shape index (κ2) is 10.9. The highest BCUT2D eigenvalue weighted by Crippen LogP contribution is 2.29. The van der Waals surface area contributed by atoms with Gasteiger partial charge in [-0.25, -0.2) is 4.79 Å². The number of allylic oxidation sites excluding steroid dienone is 2. The molecule has 2 aromatic heterocycles. The molecule has 8 heteroatoms. The average Bonchev–Trinajstić information content (AvgIpc) is 3.58. The topological polar surface area (TPSA) is 94.7 Å². The standard InChI is InChI=1S/C24H31N5O3/c1-31-23-17-21(20-7-5-11-25-20)28-22(23)16-19-9-8-18(27-19)6-3-2-4-10-26-24(30)29-12-14-32-15-13-29/h5,7-9,11,16-17,25,28H,2-4,6,10,12-15H2,1H3,(H,26,30). The van der Waals surface area contributed by atoms with Crippen molar-refractivity contribution in [3.63, 3.8) is 0 Å². The maximum Gasteiger partial charge on any atom is 0.317 e. The molecule has 4 heterocycles. The van der Waals surface area contributed by atoms with E-state index in [9.17, 15) is 4.79 Å². The number of amides is 2. The van der Waals surface area contributed by atoms with Crippen LogP contribution < -0.4 is 10.1 Å². The summed E-state index contributed by atoms with van der Waals surface area (Å²) in [6, 6.07) is 5.99. The second-order valence-electron chi connectivity index (χ2n) is 7.90. The van der Waals surface area contributed by atoms with Gasteiger partial charge < -0.3 is 29.7 Å². The third-order valence-electron chi connectivity index (χ3n) is 5.61. The van der Waals surface area contributed by atoms with Gasteiger partial charge in [-0.3, -0.25) is 4.99 Å². The molecule has 0 atom stereocenters. The minimum atomic E-state index is 0.0188. The zero-order valence-electron chi connectivity index (χ0n) is 18.5. The number of unbranched alkanes of at least 4 members (excludes halogenated alkanes) is 2. The molecule has 0 saturated carbocycles. The number of urea groups is 1. The fourth-order valence-electron chi connectivity index (χ4n) is 3.84. The maximum atomic E-state index is 12.1. The highest BCUT2D eigenvalue weighted by Gasteiger charge is 2.16. The number of rotatable bonds is 9. The maximum absolute atomic E-state index is 12.1. The number of H-pyrrole nitrogens is 2. The fourth-order valence-corrected chi connectivity index (χ4v) is 3.84. The minimum absolute atomic E-state index is 0.0188. The van der Waals surface area contributed by atoms with Crippen LogP contribution in [0.4, 0.5) is 4.79 Å². The number of morpholine rings is 1. The van der Waals surface area contributed by atoms with E-state index in [0.29, 0.717) is 32.8 Å². The van der Waals surface area contributed by atoms with E-state index >= 15 is 0 Å². The normalized spacial score (nSPS) is 17.1. The molecule has 4 rings (SSSR count). The van der Waals surface area contributed by atoms with Crippen molar-refractivity contribution in [2.24, 2.45) is 4.99 Å². The molecular formula is C24H31N5O3. The third kappa shape index (κ3) is 5.70. The fraction of sp³-hybridized carbons (Fsp3) is 0.417. The number of aliphatic imine (C=N–C) groups is 1. The Balaban J connectivity index is 1.21. The van der Waals surface area contributed by atoms with Gasteiger partial charge in [0.15, 0.2) is 0 Å². The first-order valence-corrected chi connectivity index (χ1v) is 11.2. The Labute approximate surface area is 188 Å². The summed E-state index contributed by atoms with van der Waals surface area (Å²) in [5.74, 6) is 0.790. The van der Waals surface area contributed by atoms with E-state index in [4.69, 9.17) is 14.5 Å². The van der Waals surface area contributed by atoms with Crippen LogP contribution in [0.15, 0.2) is 47.2 Å². The molecule has 0 radical (unpaired) electrons. The lowest BCUT2D eigenvalue weighted by Crippen LogP contribution is -2.46. The summed E-state index contributed by atoms with van der Waals surface area (Å²) >= 11 is 0. The SMILES string of the molecule is COc1cc(-c2ccc[nH]2)[nH]c1C=C1C=CC(CCCCCNC(=O)N2CCOCC2)=N1. The molecular weight excluding hydrogens is 406 g/mol. The van der Waals surface area contributed by atoms with Gasteiger partial charge in [0.05, 0.1) is 43.1 Å². The molecule has 3 N–H and O–H groups in total. The van der Waals surface area contributed by atoms with Gasteiger partial charge in [-0.2, -0.15) is 0 Å². The van der Waals surface area contributed by atoms with E-state index in [1.54, 1.807) is 7.11 Å². The molecule has 1 saturated heterocycles. The quantitative estimate of drug-likeness (QED) is 0.518. The van der Waals surface area contributed by atoms with Crippen LogP contribution >= 0.6 is 0 Å². The molecule has 2 aromatic rings. The molecule has 2 amide bonds. The first-order valence-electron chi connectivity index (χ1n) is 11.2. The average molecular weight is 438 g/mol. The number of aromatic nitrogens is 2. The molecule has 0 bridgehead atoms. The summed E-state index contributed by atoms with van der Waals surface area (Å²) in [4.78, 5) is 25.2. The lowest BCUT2D eigenvalue weighted by molar-refractivity contribution is 0.0532. The number of ether oxygens (including phenoxy) is 2. The molecule has 2 aliphatic rings. The number of nitrogens with one attached hydrogen (secondary N) is 3. The van der Waals surface area contributed by atoms with E-state index in [2.05, 4.69) is 21.4 Å². The van der Waals surface area contributed by atoms with Crippen LogP contribution in [0.3, 0.4) is 0 Å². The summed E-state index contributed by atoms with van der Waals surface area (Å²) < 4.78 is 10.8.